The van der Waals surface area contributed by atoms with Crippen molar-refractivity contribution in [3.05, 3.63) is 86.4 Å². The third-order valence-corrected chi connectivity index (χ3v) is 8.26. The molecule has 7 nitrogen and oxygen atoms in total. The lowest BCUT2D eigenvalue weighted by atomic mass is 10.1. The number of amides is 3. The Labute approximate surface area is 262 Å². The van der Waals surface area contributed by atoms with Crippen LogP contribution in [-0.2, 0) is 4.79 Å². The number of rotatable bonds is 6. The van der Waals surface area contributed by atoms with Gasteiger partial charge in [-0.2, -0.15) is 0 Å². The van der Waals surface area contributed by atoms with E-state index in [2.05, 4.69) is 16.0 Å². The van der Waals surface area contributed by atoms with E-state index in [-0.39, 0.29) is 10.6 Å². The lowest BCUT2D eigenvalue weighted by Gasteiger charge is -2.20. The Morgan fingerprint density at radius 1 is 0.854 bits per heavy atom. The van der Waals surface area contributed by atoms with E-state index in [1.807, 2.05) is 20.8 Å². The summed E-state index contributed by atoms with van der Waals surface area (Å²) in [6.45, 7) is 7.28. The fraction of sp³-hybridized carbons (Fsp3) is 0.276. The number of carbonyl (C=O) groups excluding carboxylic acids is 3. The molecule has 0 spiro atoms. The summed E-state index contributed by atoms with van der Waals surface area (Å²) >= 11 is 31.3. The standard InChI is InChI=1S/C29H26Cl5N3O4/c1-14-11-17(41-27(40)37-28(2,3)4)7-10-22(14)36-25(38)18-13-16(6-9-19(18)30)35-26(39)24-23(29(24,33)34)15-5-8-20(31)21(32)12-15/h5-13,23-24H,1-4H3,(H,35,39)(H,36,38)(H,37,40). The van der Waals surface area contributed by atoms with Crippen molar-refractivity contribution < 1.29 is 19.1 Å². The molecule has 3 aromatic rings. The Morgan fingerprint density at radius 3 is 2.17 bits per heavy atom. The molecule has 1 aliphatic carbocycles. The van der Waals surface area contributed by atoms with Gasteiger partial charge in [0.15, 0.2) is 0 Å². The fourth-order valence-corrected chi connectivity index (χ4v) is 5.58. The molecule has 1 saturated carbocycles. The smallest absolute Gasteiger partial charge is 0.410 e. The van der Waals surface area contributed by atoms with Crippen molar-refractivity contribution in [2.24, 2.45) is 5.92 Å². The Morgan fingerprint density at radius 2 is 1.54 bits per heavy atom. The van der Waals surface area contributed by atoms with E-state index in [9.17, 15) is 14.4 Å². The molecule has 41 heavy (non-hydrogen) atoms. The SMILES string of the molecule is Cc1cc(OC(=O)NC(C)(C)C)ccc1NC(=O)c1cc(NC(=O)C2C(c3ccc(Cl)c(Cl)c3)C2(Cl)Cl)ccc1Cl. The van der Waals surface area contributed by atoms with Crippen molar-refractivity contribution in [2.75, 3.05) is 10.6 Å². The molecule has 3 amide bonds. The van der Waals surface area contributed by atoms with Crippen LogP contribution in [0.25, 0.3) is 0 Å². The number of alkyl halides is 2. The van der Waals surface area contributed by atoms with Gasteiger partial charge in [-0.15, -0.1) is 23.2 Å². The van der Waals surface area contributed by atoms with Crippen molar-refractivity contribution in [2.45, 2.75) is 43.5 Å². The topological polar surface area (TPSA) is 96.5 Å². The molecule has 0 saturated heterocycles. The number of hydrogen-bond donors (Lipinski definition) is 3. The van der Waals surface area contributed by atoms with Gasteiger partial charge in [0.25, 0.3) is 5.91 Å². The first-order valence-electron chi connectivity index (χ1n) is 12.4. The molecule has 12 heteroatoms. The summed E-state index contributed by atoms with van der Waals surface area (Å²) in [5.41, 5.74) is 1.84. The van der Waals surface area contributed by atoms with Crippen LogP contribution in [-0.4, -0.2) is 27.8 Å². The molecule has 1 aliphatic rings. The molecule has 0 bridgehead atoms. The van der Waals surface area contributed by atoms with Crippen molar-refractivity contribution >= 4 is 87.3 Å². The minimum atomic E-state index is -1.34. The van der Waals surface area contributed by atoms with Crippen molar-refractivity contribution in [3.8, 4) is 5.75 Å². The number of ether oxygens (including phenoxy) is 1. The first-order valence-corrected chi connectivity index (χ1v) is 14.3. The van der Waals surface area contributed by atoms with Gasteiger partial charge in [0.2, 0.25) is 5.91 Å². The first kappa shape index (κ1) is 31.3. The number of benzene rings is 3. The van der Waals surface area contributed by atoms with Crippen LogP contribution in [0.5, 0.6) is 5.75 Å². The minimum Gasteiger partial charge on any atom is -0.410 e. The molecule has 0 radical (unpaired) electrons. The quantitative estimate of drug-likeness (QED) is 0.231. The maximum Gasteiger partial charge on any atom is 0.413 e. The van der Waals surface area contributed by atoms with Gasteiger partial charge in [-0.3, -0.25) is 9.59 Å². The van der Waals surface area contributed by atoms with Crippen molar-refractivity contribution in [1.29, 1.82) is 0 Å². The molecule has 3 N–H and O–H groups in total. The van der Waals surface area contributed by atoms with Gasteiger partial charge < -0.3 is 20.7 Å². The van der Waals surface area contributed by atoms with Gasteiger partial charge in [-0.25, -0.2) is 4.79 Å². The molecule has 0 heterocycles. The third kappa shape index (κ3) is 7.40. The zero-order chi connectivity index (χ0) is 30.3. The van der Waals surface area contributed by atoms with Crippen LogP contribution >= 0.6 is 58.0 Å². The van der Waals surface area contributed by atoms with Gasteiger partial charge in [0.1, 0.15) is 10.1 Å². The number of nitrogens with one attached hydrogen (secondary N) is 3. The molecular weight excluding hydrogens is 632 g/mol. The Hall–Kier alpha value is -2.68. The average molecular weight is 658 g/mol. The second-order valence-corrected chi connectivity index (χ2v) is 13.3. The van der Waals surface area contributed by atoms with Gasteiger partial charge in [0, 0.05) is 22.8 Å². The van der Waals surface area contributed by atoms with E-state index >= 15 is 0 Å². The summed E-state index contributed by atoms with van der Waals surface area (Å²) in [5, 5.41) is 9.16. The van der Waals surface area contributed by atoms with Gasteiger partial charge in [0.05, 0.1) is 26.5 Å². The zero-order valence-electron chi connectivity index (χ0n) is 22.4. The lowest BCUT2D eigenvalue weighted by Crippen LogP contribution is -2.42. The number of halogens is 5. The Balaban J connectivity index is 1.44. The third-order valence-electron chi connectivity index (χ3n) is 6.25. The Kier molecular flexibility index (Phi) is 9.07. The van der Waals surface area contributed by atoms with Crippen LogP contribution in [0.3, 0.4) is 0 Å². The van der Waals surface area contributed by atoms with E-state index in [1.54, 1.807) is 49.4 Å². The molecule has 0 aliphatic heterocycles. The summed E-state index contributed by atoms with van der Waals surface area (Å²) in [6.07, 6.45) is -0.589. The van der Waals surface area contributed by atoms with Crippen LogP contribution in [0, 0.1) is 12.8 Å². The highest BCUT2D eigenvalue weighted by atomic mass is 35.5. The lowest BCUT2D eigenvalue weighted by molar-refractivity contribution is -0.117. The average Bonchev–Trinajstić information content (AvgIpc) is 3.44. The molecule has 1 fully saturated rings. The summed E-state index contributed by atoms with van der Waals surface area (Å²) < 4.78 is 3.98. The van der Waals surface area contributed by atoms with Gasteiger partial charge in [-0.05, 0) is 87.4 Å². The van der Waals surface area contributed by atoms with Crippen LogP contribution in [0.15, 0.2) is 54.6 Å². The van der Waals surface area contributed by atoms with Crippen LogP contribution < -0.4 is 20.7 Å². The highest BCUT2D eigenvalue weighted by Gasteiger charge is 2.67. The van der Waals surface area contributed by atoms with Crippen molar-refractivity contribution in [1.82, 2.24) is 5.32 Å². The summed E-state index contributed by atoms with van der Waals surface area (Å²) in [4.78, 5) is 38.3. The van der Waals surface area contributed by atoms with E-state index in [0.29, 0.717) is 38.3 Å². The monoisotopic (exact) mass is 655 g/mol. The number of anilines is 2. The van der Waals surface area contributed by atoms with Crippen LogP contribution in [0.1, 0.15) is 48.2 Å². The predicted molar refractivity (Wildman–Crippen MR) is 165 cm³/mol. The summed E-state index contributed by atoms with van der Waals surface area (Å²) in [7, 11) is 0. The molecule has 216 valence electrons. The largest absolute Gasteiger partial charge is 0.413 e. The predicted octanol–water partition coefficient (Wildman–Crippen LogP) is 8.62. The van der Waals surface area contributed by atoms with Gasteiger partial charge >= 0.3 is 6.09 Å². The normalized spacial score (nSPS) is 17.4. The highest BCUT2D eigenvalue weighted by molar-refractivity contribution is 6.53. The second kappa shape index (κ2) is 11.9. The van der Waals surface area contributed by atoms with E-state index in [4.69, 9.17) is 62.7 Å². The maximum atomic E-state index is 13.1. The molecular formula is C29H26Cl5N3O4. The molecule has 3 aromatic carbocycles. The summed E-state index contributed by atoms with van der Waals surface area (Å²) in [6, 6.07) is 14.3. The molecule has 2 unspecified atom stereocenters. The Bertz CT molecular complexity index is 1540. The number of aryl methyl sites for hydroxylation is 1. The fourth-order valence-electron chi connectivity index (χ4n) is 4.24. The first-order chi connectivity index (χ1) is 19.1. The van der Waals surface area contributed by atoms with Crippen LogP contribution in [0.4, 0.5) is 16.2 Å². The summed E-state index contributed by atoms with van der Waals surface area (Å²) in [5.74, 6) is -1.87. The molecule has 0 aromatic heterocycles. The van der Waals surface area contributed by atoms with E-state index < -0.39 is 39.6 Å². The highest BCUT2D eigenvalue weighted by Crippen LogP contribution is 2.65. The van der Waals surface area contributed by atoms with Gasteiger partial charge in [-0.1, -0.05) is 40.9 Å². The molecule has 2 atom stereocenters. The van der Waals surface area contributed by atoms with Crippen LogP contribution in [0.2, 0.25) is 15.1 Å². The second-order valence-electron chi connectivity index (χ2n) is 10.7. The van der Waals surface area contributed by atoms with E-state index in [1.165, 1.54) is 12.1 Å². The van der Waals surface area contributed by atoms with E-state index in [0.717, 1.165) is 0 Å². The number of carbonyl (C=O) groups is 3. The minimum absolute atomic E-state index is 0.133. The zero-order valence-corrected chi connectivity index (χ0v) is 26.2. The van der Waals surface area contributed by atoms with Crippen molar-refractivity contribution in [3.63, 3.8) is 0 Å². The molecule has 4 rings (SSSR count). The maximum absolute atomic E-state index is 13.1. The number of hydrogen-bond acceptors (Lipinski definition) is 4.